The third-order valence-corrected chi connectivity index (χ3v) is 3.41. The highest BCUT2D eigenvalue weighted by molar-refractivity contribution is 5.92. The molecule has 2 rings (SSSR count). The lowest BCUT2D eigenvalue weighted by Crippen LogP contribution is -2.18. The van der Waals surface area contributed by atoms with Crippen LogP contribution in [-0.2, 0) is 4.79 Å². The van der Waals surface area contributed by atoms with E-state index in [1.165, 1.54) is 6.07 Å². The van der Waals surface area contributed by atoms with Crippen LogP contribution in [0.1, 0.15) is 18.4 Å². The maximum atomic E-state index is 11.9. The Balaban J connectivity index is 0.00000200. The molecule has 1 aliphatic heterocycles. The van der Waals surface area contributed by atoms with Crippen molar-refractivity contribution in [2.75, 3.05) is 18.4 Å². The summed E-state index contributed by atoms with van der Waals surface area (Å²) in [5.41, 5.74) is 1.04. The number of benzene rings is 1. The van der Waals surface area contributed by atoms with E-state index in [1.807, 2.05) is 0 Å². The van der Waals surface area contributed by atoms with E-state index < -0.39 is 4.92 Å². The third kappa shape index (κ3) is 3.91. The number of carbonyl (C=O) groups is 1. The average Bonchev–Trinajstić information content (AvgIpc) is 2.84. The first-order valence-corrected chi connectivity index (χ1v) is 6.32. The second kappa shape index (κ2) is 7.21. The molecule has 1 aromatic rings. The Morgan fingerprint density at radius 1 is 1.55 bits per heavy atom. The number of rotatable bonds is 4. The Hall–Kier alpha value is -1.66. The van der Waals surface area contributed by atoms with Gasteiger partial charge in [-0.1, -0.05) is 6.07 Å². The molecule has 1 aromatic carbocycles. The van der Waals surface area contributed by atoms with Crippen LogP contribution in [0, 0.1) is 23.0 Å². The summed E-state index contributed by atoms with van der Waals surface area (Å²) >= 11 is 0. The van der Waals surface area contributed by atoms with Crippen molar-refractivity contribution in [3.05, 3.63) is 33.9 Å². The molecule has 1 aliphatic rings. The van der Waals surface area contributed by atoms with Crippen LogP contribution in [-0.4, -0.2) is 23.9 Å². The van der Waals surface area contributed by atoms with Crippen molar-refractivity contribution in [3.63, 3.8) is 0 Å². The second-order valence-electron chi connectivity index (χ2n) is 4.82. The molecule has 1 unspecified atom stereocenters. The van der Waals surface area contributed by atoms with Crippen molar-refractivity contribution in [1.82, 2.24) is 5.32 Å². The van der Waals surface area contributed by atoms with Crippen LogP contribution in [0.5, 0.6) is 0 Å². The second-order valence-corrected chi connectivity index (χ2v) is 4.82. The summed E-state index contributed by atoms with van der Waals surface area (Å²) in [4.78, 5) is 22.3. The summed E-state index contributed by atoms with van der Waals surface area (Å²) in [5, 5.41) is 16.8. The number of hydrogen-bond acceptors (Lipinski definition) is 4. The molecule has 1 atom stereocenters. The normalized spacial score (nSPS) is 17.4. The molecule has 2 N–H and O–H groups in total. The zero-order chi connectivity index (χ0) is 13.8. The minimum Gasteiger partial charge on any atom is -0.326 e. The molecule has 110 valence electrons. The van der Waals surface area contributed by atoms with E-state index in [4.69, 9.17) is 0 Å². The van der Waals surface area contributed by atoms with E-state index in [0.717, 1.165) is 19.5 Å². The fraction of sp³-hybridized carbons (Fsp3) is 0.462. The van der Waals surface area contributed by atoms with E-state index >= 15 is 0 Å². The van der Waals surface area contributed by atoms with E-state index in [9.17, 15) is 14.9 Å². The number of nitro benzene ring substituents is 1. The van der Waals surface area contributed by atoms with Gasteiger partial charge in [0.2, 0.25) is 5.91 Å². The predicted octanol–water partition coefficient (Wildman–Crippen LogP) is 2.26. The highest BCUT2D eigenvalue weighted by Crippen LogP contribution is 2.25. The van der Waals surface area contributed by atoms with Crippen molar-refractivity contribution in [2.45, 2.75) is 19.8 Å². The molecular weight excluding hydrogens is 282 g/mol. The fourth-order valence-electron chi connectivity index (χ4n) is 2.31. The van der Waals surface area contributed by atoms with Crippen molar-refractivity contribution in [2.24, 2.45) is 5.92 Å². The van der Waals surface area contributed by atoms with Crippen LogP contribution in [0.15, 0.2) is 18.2 Å². The first kappa shape index (κ1) is 16.4. The Kier molecular flexibility index (Phi) is 5.91. The van der Waals surface area contributed by atoms with Gasteiger partial charge in [0.25, 0.3) is 5.69 Å². The molecule has 1 amide bonds. The number of anilines is 1. The summed E-state index contributed by atoms with van der Waals surface area (Å²) in [6, 6.07) is 4.71. The van der Waals surface area contributed by atoms with Gasteiger partial charge in [-0.2, -0.15) is 0 Å². The van der Waals surface area contributed by atoms with Gasteiger partial charge in [-0.25, -0.2) is 0 Å². The lowest BCUT2D eigenvalue weighted by atomic mass is 10.0. The van der Waals surface area contributed by atoms with Crippen molar-refractivity contribution in [1.29, 1.82) is 0 Å². The Morgan fingerprint density at radius 3 is 2.90 bits per heavy atom. The van der Waals surface area contributed by atoms with Crippen LogP contribution in [0.2, 0.25) is 0 Å². The van der Waals surface area contributed by atoms with Gasteiger partial charge in [0, 0.05) is 12.5 Å². The van der Waals surface area contributed by atoms with Gasteiger partial charge in [-0.15, -0.1) is 12.4 Å². The highest BCUT2D eigenvalue weighted by Gasteiger charge is 2.19. The number of carbonyl (C=O) groups excluding carboxylic acids is 1. The number of amides is 1. The zero-order valence-electron chi connectivity index (χ0n) is 11.2. The number of nitrogens with one attached hydrogen (secondary N) is 2. The molecule has 6 nitrogen and oxygen atoms in total. The molecule has 7 heteroatoms. The summed E-state index contributed by atoms with van der Waals surface area (Å²) in [5.74, 6) is 0.274. The molecular formula is C13H18ClN3O3. The maximum Gasteiger partial charge on any atom is 0.274 e. The largest absolute Gasteiger partial charge is 0.326 e. The summed E-state index contributed by atoms with van der Waals surface area (Å²) < 4.78 is 0. The predicted molar refractivity (Wildman–Crippen MR) is 79.3 cm³/mol. The summed E-state index contributed by atoms with van der Waals surface area (Å²) in [7, 11) is 0. The maximum absolute atomic E-state index is 11.9. The molecule has 0 aliphatic carbocycles. The smallest absolute Gasteiger partial charge is 0.274 e. The molecule has 0 aromatic heterocycles. The first-order valence-electron chi connectivity index (χ1n) is 6.32. The highest BCUT2D eigenvalue weighted by atomic mass is 35.5. The first-order chi connectivity index (χ1) is 9.08. The van der Waals surface area contributed by atoms with Gasteiger partial charge < -0.3 is 10.6 Å². The van der Waals surface area contributed by atoms with Crippen LogP contribution in [0.3, 0.4) is 0 Å². The topological polar surface area (TPSA) is 84.3 Å². The molecule has 0 saturated carbocycles. The van der Waals surface area contributed by atoms with Crippen molar-refractivity contribution in [3.8, 4) is 0 Å². The zero-order valence-corrected chi connectivity index (χ0v) is 12.0. The monoisotopic (exact) mass is 299 g/mol. The molecule has 1 fully saturated rings. The van der Waals surface area contributed by atoms with Crippen LogP contribution in [0.4, 0.5) is 11.4 Å². The molecule has 0 spiro atoms. The van der Waals surface area contributed by atoms with Gasteiger partial charge in [0.15, 0.2) is 0 Å². The van der Waals surface area contributed by atoms with E-state index in [2.05, 4.69) is 10.6 Å². The average molecular weight is 300 g/mol. The number of hydrogen-bond donors (Lipinski definition) is 2. The van der Waals surface area contributed by atoms with E-state index in [-0.39, 0.29) is 24.0 Å². The van der Waals surface area contributed by atoms with E-state index in [1.54, 1.807) is 19.1 Å². The van der Waals surface area contributed by atoms with Crippen LogP contribution >= 0.6 is 12.4 Å². The molecule has 0 radical (unpaired) electrons. The SMILES string of the molecule is Cc1c(NC(=O)CC2CCNC2)cccc1[N+](=O)[O-].Cl. The fourth-order valence-corrected chi connectivity index (χ4v) is 2.31. The van der Waals surface area contributed by atoms with Crippen molar-refractivity contribution < 1.29 is 9.72 Å². The van der Waals surface area contributed by atoms with Gasteiger partial charge >= 0.3 is 0 Å². The summed E-state index contributed by atoms with van der Waals surface area (Å²) in [6.45, 7) is 3.46. The standard InChI is InChI=1S/C13H17N3O3.ClH/c1-9-11(3-2-4-12(9)16(18)19)15-13(17)7-10-5-6-14-8-10;/h2-4,10,14H,5-8H2,1H3,(H,15,17);1H. The Morgan fingerprint density at radius 2 is 2.30 bits per heavy atom. The van der Waals surface area contributed by atoms with Gasteiger partial charge in [0.05, 0.1) is 16.2 Å². The summed E-state index contributed by atoms with van der Waals surface area (Å²) in [6.07, 6.45) is 1.45. The molecule has 1 heterocycles. The quantitative estimate of drug-likeness (QED) is 0.660. The lowest BCUT2D eigenvalue weighted by Gasteiger charge is -2.11. The molecule has 1 saturated heterocycles. The third-order valence-electron chi connectivity index (χ3n) is 3.41. The van der Waals surface area contributed by atoms with Crippen molar-refractivity contribution >= 4 is 29.7 Å². The lowest BCUT2D eigenvalue weighted by molar-refractivity contribution is -0.385. The number of nitrogens with zero attached hydrogens (tertiary/aromatic N) is 1. The number of halogens is 1. The van der Waals surface area contributed by atoms with Gasteiger partial charge in [-0.3, -0.25) is 14.9 Å². The molecule has 0 bridgehead atoms. The Bertz CT molecular complexity index is 502. The van der Waals surface area contributed by atoms with Gasteiger partial charge in [-0.05, 0) is 38.4 Å². The van der Waals surface area contributed by atoms with E-state index in [0.29, 0.717) is 23.6 Å². The van der Waals surface area contributed by atoms with Crippen LogP contribution < -0.4 is 10.6 Å². The number of nitro groups is 1. The Labute approximate surface area is 123 Å². The van der Waals surface area contributed by atoms with Crippen LogP contribution in [0.25, 0.3) is 0 Å². The minimum atomic E-state index is -0.439. The minimum absolute atomic E-state index is 0. The molecule has 20 heavy (non-hydrogen) atoms. The van der Waals surface area contributed by atoms with Gasteiger partial charge in [0.1, 0.15) is 0 Å².